The van der Waals surface area contributed by atoms with Gasteiger partial charge >= 0.3 is 0 Å². The van der Waals surface area contributed by atoms with E-state index in [1.165, 1.54) is 0 Å². The van der Waals surface area contributed by atoms with Gasteiger partial charge in [0.2, 0.25) is 0 Å². The number of rotatable bonds is 2. The third kappa shape index (κ3) is 1.54. The van der Waals surface area contributed by atoms with Gasteiger partial charge < -0.3 is 5.32 Å². The van der Waals surface area contributed by atoms with Gasteiger partial charge in [0.05, 0.1) is 11.9 Å². The standard InChI is InChI=1S/C9H10BrN3/c1-2-11-7-3-4-9-12-5-8(10)13(9)6-7/h3-6,11H,2H2,1H3. The number of imidazole rings is 1. The van der Waals surface area contributed by atoms with Crippen LogP contribution in [0.15, 0.2) is 29.1 Å². The Balaban J connectivity index is 2.53. The van der Waals surface area contributed by atoms with Crippen LogP contribution in [-0.2, 0) is 0 Å². The largest absolute Gasteiger partial charge is 0.384 e. The van der Waals surface area contributed by atoms with Gasteiger partial charge in [0.15, 0.2) is 0 Å². The van der Waals surface area contributed by atoms with Crippen molar-refractivity contribution >= 4 is 27.3 Å². The summed E-state index contributed by atoms with van der Waals surface area (Å²) in [4.78, 5) is 4.21. The third-order valence-electron chi connectivity index (χ3n) is 1.84. The summed E-state index contributed by atoms with van der Waals surface area (Å²) in [6, 6.07) is 4.01. The van der Waals surface area contributed by atoms with Crippen LogP contribution in [0, 0.1) is 0 Å². The molecule has 0 radical (unpaired) electrons. The summed E-state index contributed by atoms with van der Waals surface area (Å²) in [7, 11) is 0. The number of aromatic nitrogens is 2. The predicted molar refractivity (Wildman–Crippen MR) is 57.1 cm³/mol. The second-order valence-electron chi connectivity index (χ2n) is 2.76. The minimum atomic E-state index is 0.928. The van der Waals surface area contributed by atoms with Gasteiger partial charge in [-0.3, -0.25) is 4.40 Å². The lowest BCUT2D eigenvalue weighted by Crippen LogP contribution is -1.97. The molecule has 4 heteroatoms. The maximum atomic E-state index is 4.21. The van der Waals surface area contributed by atoms with E-state index >= 15 is 0 Å². The van der Waals surface area contributed by atoms with Gasteiger partial charge in [-0.1, -0.05) is 0 Å². The molecule has 68 valence electrons. The van der Waals surface area contributed by atoms with E-state index in [0.29, 0.717) is 0 Å². The molecular formula is C9H10BrN3. The van der Waals surface area contributed by atoms with Crippen LogP contribution in [0.2, 0.25) is 0 Å². The second kappa shape index (κ2) is 3.38. The van der Waals surface area contributed by atoms with Gasteiger partial charge in [-0.25, -0.2) is 4.98 Å². The molecule has 3 nitrogen and oxygen atoms in total. The van der Waals surface area contributed by atoms with Crippen LogP contribution in [0.1, 0.15) is 6.92 Å². The highest BCUT2D eigenvalue weighted by Crippen LogP contribution is 2.16. The maximum absolute atomic E-state index is 4.21. The van der Waals surface area contributed by atoms with E-state index in [2.05, 4.69) is 33.2 Å². The molecule has 0 fully saturated rings. The molecule has 1 N–H and O–H groups in total. The quantitative estimate of drug-likeness (QED) is 0.873. The average Bonchev–Trinajstić information content (AvgIpc) is 2.49. The first-order valence-electron chi connectivity index (χ1n) is 4.17. The zero-order valence-corrected chi connectivity index (χ0v) is 8.87. The molecule has 13 heavy (non-hydrogen) atoms. The Morgan fingerprint density at radius 3 is 3.15 bits per heavy atom. The Kier molecular flexibility index (Phi) is 2.22. The van der Waals surface area contributed by atoms with E-state index in [1.54, 1.807) is 6.20 Å². The Labute approximate surface area is 84.9 Å². The molecule has 2 aromatic heterocycles. The highest BCUT2D eigenvalue weighted by molar-refractivity contribution is 9.10. The number of halogens is 1. The minimum Gasteiger partial charge on any atom is -0.384 e. The summed E-state index contributed by atoms with van der Waals surface area (Å²) in [5.74, 6) is 0. The van der Waals surface area contributed by atoms with Gasteiger partial charge in [-0.2, -0.15) is 0 Å². The van der Waals surface area contributed by atoms with Crippen molar-refractivity contribution in [1.82, 2.24) is 9.38 Å². The zero-order valence-electron chi connectivity index (χ0n) is 7.29. The van der Waals surface area contributed by atoms with Crippen LogP contribution in [0.5, 0.6) is 0 Å². The lowest BCUT2D eigenvalue weighted by molar-refractivity contribution is 1.13. The molecule has 2 rings (SSSR count). The molecule has 0 aliphatic rings. The molecule has 0 saturated carbocycles. The summed E-state index contributed by atoms with van der Waals surface area (Å²) in [5.41, 5.74) is 2.06. The van der Waals surface area contributed by atoms with Crippen molar-refractivity contribution in [2.24, 2.45) is 0 Å². The van der Waals surface area contributed by atoms with Gasteiger partial charge in [0.25, 0.3) is 0 Å². The first-order chi connectivity index (χ1) is 6.31. The first-order valence-corrected chi connectivity index (χ1v) is 4.97. The van der Waals surface area contributed by atoms with E-state index in [0.717, 1.165) is 22.5 Å². The summed E-state index contributed by atoms with van der Waals surface area (Å²) in [6.45, 7) is 3.00. The van der Waals surface area contributed by atoms with Crippen molar-refractivity contribution in [3.05, 3.63) is 29.1 Å². The number of hydrogen-bond donors (Lipinski definition) is 1. The fourth-order valence-corrected chi connectivity index (χ4v) is 1.65. The Bertz CT molecular complexity index is 422. The van der Waals surface area contributed by atoms with Crippen LogP contribution in [0.25, 0.3) is 5.65 Å². The van der Waals surface area contributed by atoms with Crippen LogP contribution in [-0.4, -0.2) is 15.9 Å². The lowest BCUT2D eigenvalue weighted by atomic mass is 10.4. The van der Waals surface area contributed by atoms with E-state index in [4.69, 9.17) is 0 Å². The normalized spacial score (nSPS) is 10.6. The van der Waals surface area contributed by atoms with Crippen molar-refractivity contribution < 1.29 is 0 Å². The van der Waals surface area contributed by atoms with Crippen LogP contribution in [0.3, 0.4) is 0 Å². The zero-order chi connectivity index (χ0) is 9.26. The summed E-state index contributed by atoms with van der Waals surface area (Å²) in [5, 5.41) is 3.25. The third-order valence-corrected chi connectivity index (χ3v) is 2.43. The van der Waals surface area contributed by atoms with Gasteiger partial charge in [0, 0.05) is 12.7 Å². The molecule has 2 heterocycles. The Hall–Kier alpha value is -1.03. The number of pyridine rings is 1. The number of anilines is 1. The molecule has 0 amide bonds. The van der Waals surface area contributed by atoms with Gasteiger partial charge in [0.1, 0.15) is 10.3 Å². The number of nitrogens with zero attached hydrogens (tertiary/aromatic N) is 2. The topological polar surface area (TPSA) is 29.3 Å². The van der Waals surface area contributed by atoms with Crippen LogP contribution in [0.4, 0.5) is 5.69 Å². The molecule has 0 saturated heterocycles. The first kappa shape index (κ1) is 8.56. The molecule has 0 spiro atoms. The molecule has 0 unspecified atom stereocenters. The summed E-state index contributed by atoms with van der Waals surface area (Å²) < 4.78 is 2.97. The van der Waals surface area contributed by atoms with Crippen molar-refractivity contribution in [2.75, 3.05) is 11.9 Å². The molecular weight excluding hydrogens is 230 g/mol. The van der Waals surface area contributed by atoms with Crippen molar-refractivity contribution in [3.63, 3.8) is 0 Å². The fraction of sp³-hybridized carbons (Fsp3) is 0.222. The highest BCUT2D eigenvalue weighted by Gasteiger charge is 1.99. The van der Waals surface area contributed by atoms with Crippen molar-refractivity contribution in [1.29, 1.82) is 0 Å². The predicted octanol–water partition coefficient (Wildman–Crippen LogP) is 2.53. The number of hydrogen-bond acceptors (Lipinski definition) is 2. The Morgan fingerprint density at radius 2 is 2.38 bits per heavy atom. The van der Waals surface area contributed by atoms with E-state index in [-0.39, 0.29) is 0 Å². The van der Waals surface area contributed by atoms with E-state index < -0.39 is 0 Å². The minimum absolute atomic E-state index is 0.928. The van der Waals surface area contributed by atoms with Crippen molar-refractivity contribution in [3.8, 4) is 0 Å². The average molecular weight is 240 g/mol. The summed E-state index contributed by atoms with van der Waals surface area (Å²) in [6.07, 6.45) is 3.82. The van der Waals surface area contributed by atoms with Gasteiger partial charge in [-0.05, 0) is 35.0 Å². The molecule has 0 aliphatic heterocycles. The van der Waals surface area contributed by atoms with Crippen LogP contribution < -0.4 is 5.32 Å². The Morgan fingerprint density at radius 1 is 1.54 bits per heavy atom. The van der Waals surface area contributed by atoms with Gasteiger partial charge in [-0.15, -0.1) is 0 Å². The molecule has 0 bridgehead atoms. The number of nitrogens with one attached hydrogen (secondary N) is 1. The lowest BCUT2D eigenvalue weighted by Gasteiger charge is -2.03. The van der Waals surface area contributed by atoms with E-state index in [1.807, 2.05) is 22.7 Å². The summed E-state index contributed by atoms with van der Waals surface area (Å²) >= 11 is 3.42. The highest BCUT2D eigenvalue weighted by atomic mass is 79.9. The maximum Gasteiger partial charge on any atom is 0.137 e. The molecule has 0 atom stereocenters. The van der Waals surface area contributed by atoms with E-state index in [9.17, 15) is 0 Å². The SMILES string of the molecule is CCNc1ccc2ncc(Br)n2c1. The number of fused-ring (bicyclic) bond motifs is 1. The molecule has 0 aromatic carbocycles. The van der Waals surface area contributed by atoms with Crippen LogP contribution >= 0.6 is 15.9 Å². The molecule has 0 aliphatic carbocycles. The smallest absolute Gasteiger partial charge is 0.137 e. The fourth-order valence-electron chi connectivity index (χ4n) is 1.26. The second-order valence-corrected chi connectivity index (χ2v) is 3.57. The molecule has 2 aromatic rings. The monoisotopic (exact) mass is 239 g/mol. The van der Waals surface area contributed by atoms with Crippen molar-refractivity contribution in [2.45, 2.75) is 6.92 Å².